The minimum absolute atomic E-state index is 0.147. The summed E-state index contributed by atoms with van der Waals surface area (Å²) < 4.78 is 1.97. The molecule has 0 unspecified atom stereocenters. The molecule has 1 saturated carbocycles. The first-order valence-corrected chi connectivity index (χ1v) is 8.85. The van der Waals surface area contributed by atoms with Gasteiger partial charge in [-0.1, -0.05) is 12.1 Å². The molecule has 1 aromatic carbocycles. The number of hydrogen-bond donors (Lipinski definition) is 3. The largest absolute Gasteiger partial charge is 0.393 e. The molecule has 1 aromatic heterocycles. The van der Waals surface area contributed by atoms with E-state index in [0.717, 1.165) is 54.9 Å². The Morgan fingerprint density at radius 2 is 1.88 bits per heavy atom. The fraction of sp³-hybridized carbons (Fsp3) is 0.474. The minimum Gasteiger partial charge on any atom is -0.393 e. The Morgan fingerprint density at radius 3 is 2.48 bits per heavy atom. The number of urea groups is 1. The van der Waals surface area contributed by atoms with Gasteiger partial charge in [-0.05, 0) is 63.3 Å². The van der Waals surface area contributed by atoms with Crippen molar-refractivity contribution < 1.29 is 9.90 Å². The van der Waals surface area contributed by atoms with Crippen molar-refractivity contribution in [2.75, 3.05) is 5.32 Å². The molecule has 0 bridgehead atoms. The lowest BCUT2D eigenvalue weighted by Gasteiger charge is -2.26. The molecule has 134 valence electrons. The number of nitrogens with zero attached hydrogens (tertiary/aromatic N) is 2. The van der Waals surface area contributed by atoms with Crippen LogP contribution in [0.5, 0.6) is 0 Å². The smallest absolute Gasteiger partial charge is 0.319 e. The molecule has 2 aromatic rings. The van der Waals surface area contributed by atoms with Gasteiger partial charge < -0.3 is 15.7 Å². The molecule has 0 saturated heterocycles. The fourth-order valence-corrected chi connectivity index (χ4v) is 3.27. The molecule has 0 radical (unpaired) electrons. The molecule has 3 N–H and O–H groups in total. The number of aromatic nitrogens is 2. The van der Waals surface area contributed by atoms with Crippen molar-refractivity contribution in [3.63, 3.8) is 0 Å². The lowest BCUT2D eigenvalue weighted by Crippen LogP contribution is -2.40. The van der Waals surface area contributed by atoms with Gasteiger partial charge >= 0.3 is 6.03 Å². The molecule has 0 spiro atoms. The van der Waals surface area contributed by atoms with E-state index in [2.05, 4.69) is 21.8 Å². The third-order valence-electron chi connectivity index (χ3n) is 4.68. The van der Waals surface area contributed by atoms with Gasteiger partial charge in [0.05, 0.1) is 18.3 Å². The van der Waals surface area contributed by atoms with Crippen LogP contribution in [-0.4, -0.2) is 33.1 Å². The monoisotopic (exact) mass is 342 g/mol. The summed E-state index contributed by atoms with van der Waals surface area (Å²) in [6, 6.07) is 9.84. The third kappa shape index (κ3) is 4.82. The number of anilines is 1. The second kappa shape index (κ2) is 7.70. The van der Waals surface area contributed by atoms with Crippen LogP contribution in [0.2, 0.25) is 0 Å². The summed E-state index contributed by atoms with van der Waals surface area (Å²) in [7, 11) is 0. The number of aliphatic hydroxyl groups is 1. The highest BCUT2D eigenvalue weighted by Gasteiger charge is 2.20. The van der Waals surface area contributed by atoms with Crippen molar-refractivity contribution in [1.82, 2.24) is 15.1 Å². The van der Waals surface area contributed by atoms with Crippen LogP contribution in [0.4, 0.5) is 10.5 Å². The molecule has 6 heteroatoms. The SMILES string of the molecule is Cc1cc(C)n(Cc2ccc(NC(=O)NC3CCC(O)CC3)cc2)n1. The fourth-order valence-electron chi connectivity index (χ4n) is 3.27. The molecule has 3 rings (SSSR count). The third-order valence-corrected chi connectivity index (χ3v) is 4.68. The van der Waals surface area contributed by atoms with E-state index >= 15 is 0 Å². The van der Waals surface area contributed by atoms with E-state index in [0.29, 0.717) is 0 Å². The van der Waals surface area contributed by atoms with Crippen LogP contribution in [0.25, 0.3) is 0 Å². The maximum absolute atomic E-state index is 12.1. The lowest BCUT2D eigenvalue weighted by atomic mass is 9.93. The van der Waals surface area contributed by atoms with Crippen molar-refractivity contribution in [3.8, 4) is 0 Å². The zero-order chi connectivity index (χ0) is 17.8. The molecule has 25 heavy (non-hydrogen) atoms. The van der Waals surface area contributed by atoms with Gasteiger partial charge in [0.15, 0.2) is 0 Å². The molecular formula is C19H26N4O2. The van der Waals surface area contributed by atoms with Crippen LogP contribution in [0.15, 0.2) is 30.3 Å². The van der Waals surface area contributed by atoms with E-state index in [1.165, 1.54) is 0 Å². The number of amides is 2. The van der Waals surface area contributed by atoms with E-state index in [9.17, 15) is 9.90 Å². The summed E-state index contributed by atoms with van der Waals surface area (Å²) in [5, 5.41) is 19.8. The topological polar surface area (TPSA) is 79.2 Å². The van der Waals surface area contributed by atoms with Crippen molar-refractivity contribution >= 4 is 11.7 Å². The average Bonchev–Trinajstić information content (AvgIpc) is 2.89. The van der Waals surface area contributed by atoms with Crippen molar-refractivity contribution in [2.24, 2.45) is 0 Å². The summed E-state index contributed by atoms with van der Waals surface area (Å²) in [5.41, 5.74) is 4.06. The Labute approximate surface area is 148 Å². The molecule has 2 amide bonds. The maximum Gasteiger partial charge on any atom is 0.319 e. The summed E-state index contributed by atoms with van der Waals surface area (Å²) in [4.78, 5) is 12.1. The Hall–Kier alpha value is -2.34. The van der Waals surface area contributed by atoms with Gasteiger partial charge in [0.2, 0.25) is 0 Å². The quantitative estimate of drug-likeness (QED) is 0.799. The normalized spacial score (nSPS) is 20.3. The Morgan fingerprint density at radius 1 is 1.20 bits per heavy atom. The summed E-state index contributed by atoms with van der Waals surface area (Å²) in [6.07, 6.45) is 2.96. The number of aryl methyl sites for hydroxylation is 2. The first-order chi connectivity index (χ1) is 12.0. The molecule has 0 atom stereocenters. The molecule has 1 aliphatic rings. The van der Waals surface area contributed by atoms with E-state index < -0.39 is 0 Å². The number of carbonyl (C=O) groups excluding carboxylic acids is 1. The van der Waals surface area contributed by atoms with Gasteiger partial charge in [-0.15, -0.1) is 0 Å². The molecular weight excluding hydrogens is 316 g/mol. The highest BCUT2D eigenvalue weighted by atomic mass is 16.3. The zero-order valence-electron chi connectivity index (χ0n) is 14.8. The summed E-state index contributed by atoms with van der Waals surface area (Å²) in [6.45, 7) is 4.75. The molecule has 1 aliphatic carbocycles. The molecule has 6 nitrogen and oxygen atoms in total. The minimum atomic E-state index is -0.212. The van der Waals surface area contributed by atoms with Crippen LogP contribution < -0.4 is 10.6 Å². The van der Waals surface area contributed by atoms with Gasteiger partial charge in [0.25, 0.3) is 0 Å². The second-order valence-corrected chi connectivity index (χ2v) is 6.89. The number of nitrogens with one attached hydrogen (secondary N) is 2. The number of aliphatic hydroxyl groups excluding tert-OH is 1. The van der Waals surface area contributed by atoms with Gasteiger partial charge in [-0.3, -0.25) is 4.68 Å². The van der Waals surface area contributed by atoms with Gasteiger partial charge in [0, 0.05) is 17.4 Å². The second-order valence-electron chi connectivity index (χ2n) is 6.89. The predicted octanol–water partition coefficient (Wildman–Crippen LogP) is 2.97. The molecule has 1 heterocycles. The van der Waals surface area contributed by atoms with Gasteiger partial charge in [0.1, 0.15) is 0 Å². The van der Waals surface area contributed by atoms with Gasteiger partial charge in [-0.2, -0.15) is 5.10 Å². The molecule has 0 aliphatic heterocycles. The van der Waals surface area contributed by atoms with Crippen LogP contribution in [0.3, 0.4) is 0 Å². The van der Waals surface area contributed by atoms with E-state index in [1.807, 2.05) is 42.8 Å². The Balaban J connectivity index is 1.52. The van der Waals surface area contributed by atoms with E-state index in [-0.39, 0.29) is 18.2 Å². The van der Waals surface area contributed by atoms with Crippen molar-refractivity contribution in [1.29, 1.82) is 0 Å². The highest BCUT2D eigenvalue weighted by molar-refractivity contribution is 5.89. The summed E-state index contributed by atoms with van der Waals surface area (Å²) >= 11 is 0. The standard InChI is InChI=1S/C19H26N4O2/c1-13-11-14(2)23(22-13)12-15-3-5-16(6-4-15)20-19(25)21-17-7-9-18(24)10-8-17/h3-6,11,17-18,24H,7-10,12H2,1-2H3,(H2,20,21,25). The van der Waals surface area contributed by atoms with Crippen LogP contribution in [0, 0.1) is 13.8 Å². The maximum atomic E-state index is 12.1. The predicted molar refractivity (Wildman–Crippen MR) is 97.7 cm³/mol. The van der Waals surface area contributed by atoms with Crippen LogP contribution >= 0.6 is 0 Å². The zero-order valence-corrected chi connectivity index (χ0v) is 14.8. The number of carbonyl (C=O) groups is 1. The first kappa shape index (κ1) is 17.5. The van der Waals surface area contributed by atoms with E-state index in [4.69, 9.17) is 0 Å². The van der Waals surface area contributed by atoms with Crippen LogP contribution in [0.1, 0.15) is 42.6 Å². The van der Waals surface area contributed by atoms with Crippen molar-refractivity contribution in [2.45, 2.75) is 58.2 Å². The average molecular weight is 342 g/mol. The van der Waals surface area contributed by atoms with E-state index in [1.54, 1.807) is 0 Å². The van der Waals surface area contributed by atoms with Gasteiger partial charge in [-0.25, -0.2) is 4.79 Å². The number of benzene rings is 1. The number of hydrogen-bond acceptors (Lipinski definition) is 3. The molecule has 1 fully saturated rings. The summed E-state index contributed by atoms with van der Waals surface area (Å²) in [5.74, 6) is 0. The number of rotatable bonds is 4. The Kier molecular flexibility index (Phi) is 5.38. The highest BCUT2D eigenvalue weighted by Crippen LogP contribution is 2.18. The van der Waals surface area contributed by atoms with Crippen molar-refractivity contribution in [3.05, 3.63) is 47.3 Å². The first-order valence-electron chi connectivity index (χ1n) is 8.85. The Bertz CT molecular complexity index is 716. The lowest BCUT2D eigenvalue weighted by molar-refractivity contribution is 0.118. The van der Waals surface area contributed by atoms with Crippen LogP contribution in [-0.2, 0) is 6.54 Å².